The molecule has 0 bridgehead atoms. The maximum Gasteiger partial charge on any atom is 0.123 e. The lowest BCUT2D eigenvalue weighted by atomic mass is 10.1. The van der Waals surface area contributed by atoms with E-state index in [1.54, 1.807) is 24.4 Å². The highest BCUT2D eigenvalue weighted by Gasteiger charge is 2.02. The van der Waals surface area contributed by atoms with Gasteiger partial charge in [0.05, 0.1) is 5.52 Å². The van der Waals surface area contributed by atoms with E-state index in [1.165, 1.54) is 0 Å². The van der Waals surface area contributed by atoms with E-state index in [1.807, 2.05) is 12.1 Å². The lowest BCUT2D eigenvalue weighted by Crippen LogP contribution is -1.81. The Balaban J connectivity index is 2.91. The molecular formula is C11H9NO. The summed E-state index contributed by atoms with van der Waals surface area (Å²) in [5.41, 5.74) is 1.61. The average molecular weight is 171 g/mol. The fourth-order valence-electron chi connectivity index (χ4n) is 1.38. The van der Waals surface area contributed by atoms with Gasteiger partial charge >= 0.3 is 0 Å². The van der Waals surface area contributed by atoms with Crippen LogP contribution in [0.25, 0.3) is 17.0 Å². The molecule has 0 atom stereocenters. The van der Waals surface area contributed by atoms with Crippen LogP contribution in [0.2, 0.25) is 0 Å². The first-order chi connectivity index (χ1) is 6.33. The predicted molar refractivity (Wildman–Crippen MR) is 53.5 cm³/mol. The number of benzene rings is 1. The van der Waals surface area contributed by atoms with Crippen molar-refractivity contribution in [2.75, 3.05) is 0 Å². The maximum atomic E-state index is 9.51. The van der Waals surface area contributed by atoms with Crippen LogP contribution in [0, 0.1) is 0 Å². The summed E-state index contributed by atoms with van der Waals surface area (Å²) in [6.45, 7) is 3.65. The molecule has 1 aromatic heterocycles. The fourth-order valence-corrected chi connectivity index (χ4v) is 1.38. The molecule has 2 nitrogen and oxygen atoms in total. The summed E-state index contributed by atoms with van der Waals surface area (Å²) in [7, 11) is 0. The average Bonchev–Trinajstić information content (AvgIpc) is 2.18. The van der Waals surface area contributed by atoms with Crippen LogP contribution < -0.4 is 0 Å². The Morgan fingerprint density at radius 3 is 2.92 bits per heavy atom. The van der Waals surface area contributed by atoms with Crippen LogP contribution in [0.5, 0.6) is 5.75 Å². The molecule has 0 aliphatic carbocycles. The molecule has 0 radical (unpaired) electrons. The van der Waals surface area contributed by atoms with Crippen LogP contribution in [0.1, 0.15) is 5.56 Å². The highest BCUT2D eigenvalue weighted by molar-refractivity contribution is 5.90. The molecule has 1 N–H and O–H groups in total. The molecule has 0 fully saturated rings. The Morgan fingerprint density at radius 2 is 2.15 bits per heavy atom. The van der Waals surface area contributed by atoms with Crippen LogP contribution >= 0.6 is 0 Å². The van der Waals surface area contributed by atoms with Crippen molar-refractivity contribution >= 4 is 17.0 Å². The molecule has 2 rings (SSSR count). The molecule has 2 heteroatoms. The number of fused-ring (bicyclic) bond motifs is 1. The lowest BCUT2D eigenvalue weighted by Gasteiger charge is -2.02. The van der Waals surface area contributed by atoms with Crippen molar-refractivity contribution < 1.29 is 5.11 Å². The second-order valence-electron chi connectivity index (χ2n) is 2.77. The van der Waals surface area contributed by atoms with Crippen molar-refractivity contribution in [1.82, 2.24) is 4.98 Å². The van der Waals surface area contributed by atoms with Gasteiger partial charge in [0, 0.05) is 17.1 Å². The molecule has 1 heterocycles. The van der Waals surface area contributed by atoms with E-state index in [-0.39, 0.29) is 5.75 Å². The van der Waals surface area contributed by atoms with Gasteiger partial charge in [0.2, 0.25) is 0 Å². The van der Waals surface area contributed by atoms with E-state index in [4.69, 9.17) is 0 Å². The number of aromatic nitrogens is 1. The molecule has 0 saturated carbocycles. The van der Waals surface area contributed by atoms with Crippen molar-refractivity contribution in [3.63, 3.8) is 0 Å². The van der Waals surface area contributed by atoms with Crippen molar-refractivity contribution in [2.45, 2.75) is 0 Å². The van der Waals surface area contributed by atoms with Gasteiger partial charge < -0.3 is 5.11 Å². The molecule has 0 saturated heterocycles. The minimum Gasteiger partial charge on any atom is -0.507 e. The van der Waals surface area contributed by atoms with E-state index >= 15 is 0 Å². The van der Waals surface area contributed by atoms with Crippen molar-refractivity contribution in [3.05, 3.63) is 42.6 Å². The van der Waals surface area contributed by atoms with Gasteiger partial charge in [0.1, 0.15) is 5.75 Å². The Hall–Kier alpha value is -1.83. The van der Waals surface area contributed by atoms with Gasteiger partial charge in [-0.2, -0.15) is 0 Å². The molecule has 0 spiro atoms. The minimum absolute atomic E-state index is 0.246. The molecule has 0 aliphatic rings. The first kappa shape index (κ1) is 7.80. The Labute approximate surface area is 76.2 Å². The monoisotopic (exact) mass is 171 g/mol. The highest BCUT2D eigenvalue weighted by atomic mass is 16.3. The maximum absolute atomic E-state index is 9.51. The number of phenolic OH excluding ortho intramolecular Hbond substituents is 1. The van der Waals surface area contributed by atoms with Crippen LogP contribution in [0.3, 0.4) is 0 Å². The number of aromatic hydroxyl groups is 1. The van der Waals surface area contributed by atoms with E-state index < -0.39 is 0 Å². The van der Waals surface area contributed by atoms with Gasteiger partial charge in [0.15, 0.2) is 0 Å². The zero-order valence-corrected chi connectivity index (χ0v) is 7.07. The van der Waals surface area contributed by atoms with Gasteiger partial charge in [-0.25, -0.2) is 0 Å². The third kappa shape index (κ3) is 1.16. The number of hydrogen-bond donors (Lipinski definition) is 1. The summed E-state index contributed by atoms with van der Waals surface area (Å²) in [4.78, 5) is 4.17. The summed E-state index contributed by atoms with van der Waals surface area (Å²) >= 11 is 0. The quantitative estimate of drug-likeness (QED) is 0.715. The molecular weight excluding hydrogens is 162 g/mol. The second kappa shape index (κ2) is 2.90. The van der Waals surface area contributed by atoms with Crippen molar-refractivity contribution in [3.8, 4) is 5.75 Å². The molecule has 13 heavy (non-hydrogen) atoms. The molecule has 64 valence electrons. The summed E-state index contributed by atoms with van der Waals surface area (Å²) in [5.74, 6) is 0.246. The SMILES string of the molecule is C=Cc1c(O)ccc2ncccc12. The van der Waals surface area contributed by atoms with Gasteiger partial charge in [-0.15, -0.1) is 0 Å². The zero-order chi connectivity index (χ0) is 9.26. The zero-order valence-electron chi connectivity index (χ0n) is 7.07. The van der Waals surface area contributed by atoms with Crippen LogP contribution in [0.15, 0.2) is 37.0 Å². The van der Waals surface area contributed by atoms with Gasteiger partial charge in [-0.3, -0.25) is 4.98 Å². The summed E-state index contributed by atoms with van der Waals surface area (Å²) in [6.07, 6.45) is 3.37. The number of hydrogen-bond acceptors (Lipinski definition) is 2. The van der Waals surface area contributed by atoms with E-state index in [9.17, 15) is 5.11 Å². The molecule has 0 unspecified atom stereocenters. The Bertz CT molecular complexity index is 463. The summed E-state index contributed by atoms with van der Waals surface area (Å²) < 4.78 is 0. The Kier molecular flexibility index (Phi) is 1.74. The largest absolute Gasteiger partial charge is 0.507 e. The fraction of sp³-hybridized carbons (Fsp3) is 0. The van der Waals surface area contributed by atoms with Crippen LogP contribution in [-0.4, -0.2) is 10.1 Å². The predicted octanol–water partition coefficient (Wildman–Crippen LogP) is 2.58. The number of phenols is 1. The lowest BCUT2D eigenvalue weighted by molar-refractivity contribution is 0.475. The standard InChI is InChI=1S/C11H9NO/c1-2-8-9-4-3-7-12-10(9)5-6-11(8)13/h2-7,13H,1H2. The topological polar surface area (TPSA) is 33.1 Å². The van der Waals surface area contributed by atoms with Gasteiger partial charge in [-0.05, 0) is 18.2 Å². The summed E-state index contributed by atoms with van der Waals surface area (Å²) in [6, 6.07) is 7.18. The van der Waals surface area contributed by atoms with E-state index in [0.717, 1.165) is 16.5 Å². The molecule has 1 aromatic carbocycles. The number of nitrogens with zero attached hydrogens (tertiary/aromatic N) is 1. The molecule has 2 aromatic rings. The Morgan fingerprint density at radius 1 is 1.31 bits per heavy atom. The number of rotatable bonds is 1. The van der Waals surface area contributed by atoms with E-state index in [0.29, 0.717) is 0 Å². The number of pyridine rings is 1. The second-order valence-corrected chi connectivity index (χ2v) is 2.77. The first-order valence-corrected chi connectivity index (χ1v) is 4.02. The summed E-state index contributed by atoms with van der Waals surface area (Å²) in [5, 5.41) is 10.4. The molecule has 0 aliphatic heterocycles. The third-order valence-corrected chi connectivity index (χ3v) is 2.01. The highest BCUT2D eigenvalue weighted by Crippen LogP contribution is 2.26. The minimum atomic E-state index is 0.246. The normalized spacial score (nSPS) is 10.2. The van der Waals surface area contributed by atoms with Gasteiger partial charge in [0.25, 0.3) is 0 Å². The van der Waals surface area contributed by atoms with Crippen LogP contribution in [-0.2, 0) is 0 Å². The smallest absolute Gasteiger partial charge is 0.123 e. The third-order valence-electron chi connectivity index (χ3n) is 2.01. The van der Waals surface area contributed by atoms with Gasteiger partial charge in [-0.1, -0.05) is 18.7 Å². The van der Waals surface area contributed by atoms with Crippen LogP contribution in [0.4, 0.5) is 0 Å². The van der Waals surface area contributed by atoms with Crippen molar-refractivity contribution in [2.24, 2.45) is 0 Å². The molecule has 0 amide bonds. The van der Waals surface area contributed by atoms with E-state index in [2.05, 4.69) is 11.6 Å². The van der Waals surface area contributed by atoms with Crippen molar-refractivity contribution in [1.29, 1.82) is 0 Å². The first-order valence-electron chi connectivity index (χ1n) is 4.02.